The Morgan fingerprint density at radius 3 is 1.45 bits per heavy atom. The van der Waals surface area contributed by atoms with Crippen molar-refractivity contribution >= 4 is 34.0 Å². The number of primary amides is 2. The number of rotatable bonds is 3. The van der Waals surface area contributed by atoms with E-state index >= 15 is 0 Å². The van der Waals surface area contributed by atoms with E-state index in [1.54, 1.807) is 0 Å². The molecule has 11 heavy (non-hydrogen) atoms. The molecule has 0 aromatic heterocycles. The van der Waals surface area contributed by atoms with Crippen molar-refractivity contribution in [2.75, 3.05) is 11.5 Å². The first kappa shape index (κ1) is 13.8. The molecule has 2 amide bonds. The second-order valence-corrected chi connectivity index (χ2v) is 3.53. The molecule has 0 aliphatic carbocycles. The fourth-order valence-electron chi connectivity index (χ4n) is 0.285. The van der Waals surface area contributed by atoms with Crippen LogP contribution in [0.25, 0.3) is 0 Å². The average Bonchev–Trinajstić information content (AvgIpc) is 1.79. The first-order valence-electron chi connectivity index (χ1n) is 2.47. The molecule has 0 fully saturated rings. The van der Waals surface area contributed by atoms with Crippen LogP contribution in [0, 0.1) is 0 Å². The summed E-state index contributed by atoms with van der Waals surface area (Å²) in [6.45, 7) is 0. The van der Waals surface area contributed by atoms with E-state index in [2.05, 4.69) is 0 Å². The Kier molecular flexibility index (Phi) is 10.5. The third kappa shape index (κ3) is 13.3. The molecule has 0 radical (unpaired) electrons. The van der Waals surface area contributed by atoms with E-state index in [0.29, 0.717) is 11.5 Å². The molecule has 0 bridgehead atoms. The summed E-state index contributed by atoms with van der Waals surface area (Å²) in [6.07, 6.45) is 0. The van der Waals surface area contributed by atoms with Crippen molar-refractivity contribution in [2.24, 2.45) is 11.5 Å². The molecule has 4 N–H and O–H groups in total. The number of hydrogen-bond donors (Lipinski definition) is 2. The second kappa shape index (κ2) is 8.36. The number of thioether (sulfide) groups is 2. The minimum atomic E-state index is -0.426. The molecule has 0 aromatic carbocycles. The normalized spacial score (nSPS) is 8.36. The standard InChI is InChI=1S/C4H8N2O2S2.Zn/c5-3(7)9-1-2-10-4(6)8;/h1-2H2,(H2,5,7)(H2,6,8);. The molecule has 0 spiro atoms. The van der Waals surface area contributed by atoms with Crippen LogP contribution in [0.4, 0.5) is 9.59 Å². The van der Waals surface area contributed by atoms with Gasteiger partial charge in [-0.05, 0) is 0 Å². The summed E-state index contributed by atoms with van der Waals surface area (Å²) in [7, 11) is 0. The maximum absolute atomic E-state index is 10.1. The van der Waals surface area contributed by atoms with Crippen LogP contribution in [-0.2, 0) is 19.5 Å². The van der Waals surface area contributed by atoms with E-state index in [1.165, 1.54) is 0 Å². The molecule has 0 heterocycles. The Balaban J connectivity index is 0. The fourth-order valence-corrected chi connectivity index (χ4v) is 1.35. The van der Waals surface area contributed by atoms with Gasteiger partial charge in [-0.3, -0.25) is 9.59 Å². The van der Waals surface area contributed by atoms with Crippen molar-refractivity contribution < 1.29 is 29.1 Å². The van der Waals surface area contributed by atoms with Crippen molar-refractivity contribution in [3.8, 4) is 0 Å². The minimum Gasteiger partial charge on any atom is -0.361 e. The predicted octanol–water partition coefficient (Wildman–Crippen LogP) is 0.608. The van der Waals surface area contributed by atoms with Gasteiger partial charge in [0.2, 0.25) is 0 Å². The number of amides is 2. The van der Waals surface area contributed by atoms with Crippen LogP contribution in [0.2, 0.25) is 0 Å². The quantitative estimate of drug-likeness (QED) is 0.563. The molecule has 60 valence electrons. The van der Waals surface area contributed by atoms with E-state index in [0.717, 1.165) is 23.5 Å². The van der Waals surface area contributed by atoms with Crippen LogP contribution in [0.5, 0.6) is 0 Å². The van der Waals surface area contributed by atoms with Crippen molar-refractivity contribution in [3.05, 3.63) is 0 Å². The van der Waals surface area contributed by atoms with Gasteiger partial charge in [0.25, 0.3) is 10.5 Å². The molecule has 0 saturated heterocycles. The summed E-state index contributed by atoms with van der Waals surface area (Å²) in [4.78, 5) is 20.2. The summed E-state index contributed by atoms with van der Waals surface area (Å²) < 4.78 is 0. The van der Waals surface area contributed by atoms with E-state index in [1.807, 2.05) is 0 Å². The van der Waals surface area contributed by atoms with Crippen LogP contribution in [0.3, 0.4) is 0 Å². The molecular weight excluding hydrogens is 238 g/mol. The zero-order valence-corrected chi connectivity index (χ0v) is 10.5. The largest absolute Gasteiger partial charge is 0.361 e. The maximum atomic E-state index is 10.1. The smallest absolute Gasteiger partial charge is 0.276 e. The van der Waals surface area contributed by atoms with Crippen LogP contribution in [0.1, 0.15) is 0 Å². The third-order valence-corrected chi connectivity index (χ3v) is 2.22. The SMILES string of the molecule is NC(=O)SCCSC(N)=O.[Zn]. The zero-order chi connectivity index (χ0) is 7.98. The molecule has 0 atom stereocenters. The Hall–Kier alpha value is 0.263. The summed E-state index contributed by atoms with van der Waals surface area (Å²) in [5.41, 5.74) is 9.62. The monoisotopic (exact) mass is 244 g/mol. The molecule has 0 aliphatic rings. The summed E-state index contributed by atoms with van der Waals surface area (Å²) >= 11 is 1.97. The average molecular weight is 246 g/mol. The van der Waals surface area contributed by atoms with Crippen LogP contribution >= 0.6 is 23.5 Å². The summed E-state index contributed by atoms with van der Waals surface area (Å²) in [5, 5.41) is -0.852. The van der Waals surface area contributed by atoms with Gasteiger partial charge in [-0.2, -0.15) is 0 Å². The van der Waals surface area contributed by atoms with Crippen molar-refractivity contribution in [1.82, 2.24) is 0 Å². The van der Waals surface area contributed by atoms with E-state index in [-0.39, 0.29) is 19.5 Å². The Morgan fingerprint density at radius 2 is 1.27 bits per heavy atom. The predicted molar refractivity (Wildman–Crippen MR) is 44.1 cm³/mol. The van der Waals surface area contributed by atoms with Crippen molar-refractivity contribution in [2.45, 2.75) is 0 Å². The van der Waals surface area contributed by atoms with Crippen molar-refractivity contribution in [1.29, 1.82) is 0 Å². The molecule has 7 heteroatoms. The summed E-state index contributed by atoms with van der Waals surface area (Å²) in [5.74, 6) is 1.06. The van der Waals surface area contributed by atoms with Crippen LogP contribution < -0.4 is 11.5 Å². The van der Waals surface area contributed by atoms with Crippen molar-refractivity contribution in [3.63, 3.8) is 0 Å². The van der Waals surface area contributed by atoms with Gasteiger partial charge >= 0.3 is 0 Å². The van der Waals surface area contributed by atoms with E-state index in [4.69, 9.17) is 11.5 Å². The van der Waals surface area contributed by atoms with Gasteiger partial charge in [0.15, 0.2) is 0 Å². The number of hydrogen-bond acceptors (Lipinski definition) is 4. The molecule has 0 aliphatic heterocycles. The van der Waals surface area contributed by atoms with E-state index in [9.17, 15) is 9.59 Å². The number of nitrogens with two attached hydrogens (primary N) is 2. The number of carbonyl (C=O) groups is 2. The zero-order valence-electron chi connectivity index (χ0n) is 5.91. The van der Waals surface area contributed by atoms with Crippen LogP contribution in [-0.4, -0.2) is 22.0 Å². The van der Waals surface area contributed by atoms with E-state index < -0.39 is 10.5 Å². The Morgan fingerprint density at radius 1 is 1.00 bits per heavy atom. The molecule has 4 nitrogen and oxygen atoms in total. The first-order valence-corrected chi connectivity index (χ1v) is 4.44. The van der Waals surface area contributed by atoms with Gasteiger partial charge in [0.1, 0.15) is 0 Å². The van der Waals surface area contributed by atoms with Gasteiger partial charge in [-0.25, -0.2) is 0 Å². The summed E-state index contributed by atoms with van der Waals surface area (Å²) in [6, 6.07) is 0. The molecule has 0 saturated carbocycles. The maximum Gasteiger partial charge on any atom is 0.276 e. The fraction of sp³-hybridized carbons (Fsp3) is 0.500. The molecule has 0 rings (SSSR count). The first-order chi connectivity index (χ1) is 4.63. The van der Waals surface area contributed by atoms with Gasteiger partial charge < -0.3 is 11.5 Å². The number of carbonyl (C=O) groups excluding carboxylic acids is 2. The Bertz CT molecular complexity index is 128. The Labute approximate surface area is 86.0 Å². The molecular formula is C4H8N2O2S2Zn. The van der Waals surface area contributed by atoms with Gasteiger partial charge in [-0.15, -0.1) is 0 Å². The molecule has 0 unspecified atom stereocenters. The second-order valence-electron chi connectivity index (χ2n) is 1.33. The topological polar surface area (TPSA) is 86.2 Å². The molecule has 0 aromatic rings. The van der Waals surface area contributed by atoms with Gasteiger partial charge in [0, 0.05) is 31.0 Å². The van der Waals surface area contributed by atoms with Gasteiger partial charge in [-0.1, -0.05) is 23.5 Å². The third-order valence-electron chi connectivity index (χ3n) is 0.572. The van der Waals surface area contributed by atoms with Gasteiger partial charge in [0.05, 0.1) is 0 Å². The van der Waals surface area contributed by atoms with Crippen LogP contribution in [0.15, 0.2) is 0 Å². The minimum absolute atomic E-state index is 0.